The number of hydrogen-bond donors (Lipinski definition) is 0. The molecular formula is C112H84N6. The first-order valence-corrected chi connectivity index (χ1v) is 40.9. The molecular weight excluding hydrogens is 1430 g/mol. The van der Waals surface area contributed by atoms with Crippen LogP contribution in [0.15, 0.2) is 437 Å². The molecule has 562 valence electrons. The number of fused-ring (bicyclic) bond motifs is 10. The van der Waals surface area contributed by atoms with E-state index in [0.29, 0.717) is 0 Å². The van der Waals surface area contributed by atoms with Crippen LogP contribution in [-0.4, -0.2) is 0 Å². The van der Waals surface area contributed by atoms with Gasteiger partial charge in [-0.05, 0) is 272 Å². The van der Waals surface area contributed by atoms with E-state index >= 15 is 0 Å². The molecule has 0 unspecified atom stereocenters. The van der Waals surface area contributed by atoms with Crippen molar-refractivity contribution in [2.45, 2.75) is 38.5 Å². The first-order valence-electron chi connectivity index (χ1n) is 40.9. The quantitative estimate of drug-likeness (QED) is 0.0847. The molecule has 0 N–H and O–H groups in total. The topological polar surface area (TPSA) is 19.4 Å². The van der Waals surface area contributed by atoms with E-state index in [2.05, 4.69) is 494 Å². The van der Waals surface area contributed by atoms with Gasteiger partial charge in [0, 0.05) is 112 Å². The summed E-state index contributed by atoms with van der Waals surface area (Å²) < 4.78 is 0. The van der Waals surface area contributed by atoms with E-state index in [0.717, 1.165) is 102 Å². The van der Waals surface area contributed by atoms with Gasteiger partial charge in [0.2, 0.25) is 0 Å². The normalized spacial score (nSPS) is 12.7. The Morgan fingerprint density at radius 3 is 0.576 bits per heavy atom. The van der Waals surface area contributed by atoms with Gasteiger partial charge in [0.15, 0.2) is 0 Å². The second kappa shape index (κ2) is 29.1. The van der Waals surface area contributed by atoms with Crippen LogP contribution in [0.2, 0.25) is 0 Å². The molecule has 19 aromatic carbocycles. The number of benzene rings is 19. The molecule has 0 spiro atoms. The monoisotopic (exact) mass is 1510 g/mol. The SMILES string of the molecule is CC1(C)c2cc(N(c3ccc(N(c4ccccc4)c4cccc5ccccc45)cc3)c3ccc(N(c4ccccc4)c4cccc5ccccc45)cc3)ccc2-c2cc3c(cc21)-c1ccc(N(c2ccc(N(c4ccccc4)c4cccc5ccccc45)cc2)c2ccc(N(c4ccccc4)c4cccc5ccccc45)cc2)cc1C3(C)C. The minimum Gasteiger partial charge on any atom is -0.310 e. The van der Waals surface area contributed by atoms with Gasteiger partial charge in [-0.25, -0.2) is 0 Å². The maximum absolute atomic E-state index is 2.55. The lowest BCUT2D eigenvalue weighted by atomic mass is 9.79. The van der Waals surface area contributed by atoms with Crippen LogP contribution < -0.4 is 29.4 Å². The van der Waals surface area contributed by atoms with Crippen LogP contribution >= 0.6 is 0 Å². The van der Waals surface area contributed by atoms with Crippen molar-refractivity contribution in [1.82, 2.24) is 0 Å². The van der Waals surface area contributed by atoms with Crippen molar-refractivity contribution in [2.75, 3.05) is 29.4 Å². The average Bonchev–Trinajstić information content (AvgIpc) is 1.54. The molecule has 0 aliphatic heterocycles. The second-order valence-corrected chi connectivity index (χ2v) is 32.1. The molecule has 0 bridgehead atoms. The molecule has 0 aromatic heterocycles. The summed E-state index contributed by atoms with van der Waals surface area (Å²) in [6.45, 7) is 9.72. The minimum atomic E-state index is -0.367. The van der Waals surface area contributed by atoms with E-state index in [1.54, 1.807) is 0 Å². The zero-order valence-electron chi connectivity index (χ0n) is 66.3. The van der Waals surface area contributed by atoms with Gasteiger partial charge in [0.1, 0.15) is 0 Å². The van der Waals surface area contributed by atoms with Crippen molar-refractivity contribution in [3.63, 3.8) is 0 Å². The van der Waals surface area contributed by atoms with Crippen molar-refractivity contribution < 1.29 is 0 Å². The Morgan fingerprint density at radius 1 is 0.144 bits per heavy atom. The molecule has 6 nitrogen and oxygen atoms in total. The van der Waals surface area contributed by atoms with Crippen molar-refractivity contribution >= 4 is 145 Å². The van der Waals surface area contributed by atoms with E-state index in [1.807, 2.05) is 0 Å². The van der Waals surface area contributed by atoms with Gasteiger partial charge >= 0.3 is 0 Å². The summed E-state index contributed by atoms with van der Waals surface area (Å²) >= 11 is 0. The Labute approximate surface area is 690 Å². The predicted molar refractivity (Wildman–Crippen MR) is 500 cm³/mol. The zero-order chi connectivity index (χ0) is 79.0. The highest BCUT2D eigenvalue weighted by atomic mass is 15.2. The lowest BCUT2D eigenvalue weighted by molar-refractivity contribution is 0.652. The van der Waals surface area contributed by atoms with E-state index in [-0.39, 0.29) is 10.8 Å². The molecule has 0 radical (unpaired) electrons. The highest BCUT2D eigenvalue weighted by molar-refractivity contribution is 6.04. The van der Waals surface area contributed by atoms with Crippen LogP contribution in [0.4, 0.5) is 102 Å². The van der Waals surface area contributed by atoms with Gasteiger partial charge in [-0.3, -0.25) is 0 Å². The summed E-state index contributed by atoms with van der Waals surface area (Å²) in [4.78, 5) is 14.4. The first kappa shape index (κ1) is 70.9. The largest absolute Gasteiger partial charge is 0.310 e. The highest BCUT2D eigenvalue weighted by Crippen LogP contribution is 2.59. The molecule has 21 rings (SSSR count). The van der Waals surface area contributed by atoms with Crippen molar-refractivity contribution in [3.05, 3.63) is 459 Å². The number of hydrogen-bond acceptors (Lipinski definition) is 6. The number of rotatable bonds is 18. The summed E-state index contributed by atoms with van der Waals surface area (Å²) in [5.74, 6) is 0. The third-order valence-electron chi connectivity index (χ3n) is 24.5. The number of anilines is 18. The van der Waals surface area contributed by atoms with E-state index < -0.39 is 0 Å². The average molecular weight is 1510 g/mol. The number of nitrogens with zero attached hydrogens (tertiary/aromatic N) is 6. The molecule has 0 atom stereocenters. The van der Waals surface area contributed by atoms with E-state index in [4.69, 9.17) is 0 Å². The molecule has 118 heavy (non-hydrogen) atoms. The second-order valence-electron chi connectivity index (χ2n) is 32.1. The fourth-order valence-electron chi connectivity index (χ4n) is 18.7. The zero-order valence-corrected chi connectivity index (χ0v) is 66.3. The lowest BCUT2D eigenvalue weighted by Crippen LogP contribution is -2.18. The van der Waals surface area contributed by atoms with Gasteiger partial charge in [-0.2, -0.15) is 0 Å². The van der Waals surface area contributed by atoms with Crippen molar-refractivity contribution in [1.29, 1.82) is 0 Å². The molecule has 0 saturated carbocycles. The highest BCUT2D eigenvalue weighted by Gasteiger charge is 2.43. The molecule has 0 heterocycles. The fourth-order valence-corrected chi connectivity index (χ4v) is 18.7. The number of para-hydroxylation sites is 4. The standard InChI is InChI=1S/C112H84N6/c1-111(2)103-73-93(113(85-53-61-89(62-54-85)115(81-37-9-5-10-38-81)107-49-25-33-77-29-17-21-45-95(77)107)86-55-63-90(64-56-86)116(82-39-11-6-12-40-82)108-50-26-34-78-30-18-22-46-96(78)108)69-71-99(103)101-76-106-102(75-105(101)111)100-72-70-94(74-104(100)112(106,3)4)114(87-57-65-91(66-58-87)117(83-41-13-7-14-42-83)109-51-27-35-79-31-19-23-47-97(79)109)88-59-67-92(68-60-88)118(84-43-15-8-16-44-84)110-52-28-36-80-32-20-24-48-98(80)110/h5-76H,1-4H3. The first-order chi connectivity index (χ1) is 58.1. The van der Waals surface area contributed by atoms with E-state index in [1.165, 1.54) is 87.6 Å². The summed E-state index contributed by atoms with van der Waals surface area (Å²) in [6.07, 6.45) is 0. The van der Waals surface area contributed by atoms with Gasteiger partial charge < -0.3 is 29.4 Å². The van der Waals surface area contributed by atoms with Crippen LogP contribution in [0, 0.1) is 0 Å². The Kier molecular flexibility index (Phi) is 17.5. The van der Waals surface area contributed by atoms with Crippen LogP contribution in [0.3, 0.4) is 0 Å². The van der Waals surface area contributed by atoms with Gasteiger partial charge in [0.05, 0.1) is 22.7 Å². The molecule has 0 fully saturated rings. The van der Waals surface area contributed by atoms with Crippen LogP contribution in [-0.2, 0) is 10.8 Å². The summed E-state index contributed by atoms with van der Waals surface area (Å²) in [7, 11) is 0. The molecule has 2 aliphatic rings. The molecule has 0 amide bonds. The molecule has 6 heteroatoms. The smallest absolute Gasteiger partial charge is 0.0540 e. The van der Waals surface area contributed by atoms with Crippen molar-refractivity contribution in [3.8, 4) is 22.3 Å². The summed E-state index contributed by atoms with van der Waals surface area (Å²) in [5, 5.41) is 9.54. The van der Waals surface area contributed by atoms with Crippen LogP contribution in [0.5, 0.6) is 0 Å². The lowest BCUT2D eigenvalue weighted by Gasteiger charge is -2.31. The summed E-state index contributed by atoms with van der Waals surface area (Å²) in [6, 6.07) is 160. The van der Waals surface area contributed by atoms with Crippen molar-refractivity contribution in [2.24, 2.45) is 0 Å². The minimum absolute atomic E-state index is 0.367. The van der Waals surface area contributed by atoms with Gasteiger partial charge in [-0.15, -0.1) is 0 Å². The Morgan fingerprint density at radius 2 is 0.331 bits per heavy atom. The molecule has 2 aliphatic carbocycles. The molecule has 19 aromatic rings. The summed E-state index contributed by atoms with van der Waals surface area (Å²) in [5.41, 5.74) is 29.1. The fraction of sp³-hybridized carbons (Fsp3) is 0.0536. The Bertz CT molecular complexity index is 6210. The maximum Gasteiger partial charge on any atom is 0.0540 e. The van der Waals surface area contributed by atoms with Gasteiger partial charge in [0.25, 0.3) is 0 Å². The Hall–Kier alpha value is -15.0. The maximum atomic E-state index is 2.55. The molecule has 0 saturated heterocycles. The third kappa shape index (κ3) is 12.3. The predicted octanol–water partition coefficient (Wildman–Crippen LogP) is 31.7. The van der Waals surface area contributed by atoms with E-state index in [9.17, 15) is 0 Å². The third-order valence-corrected chi connectivity index (χ3v) is 24.5. The van der Waals surface area contributed by atoms with Crippen LogP contribution in [0.1, 0.15) is 49.9 Å². The Balaban J connectivity index is 0.663. The van der Waals surface area contributed by atoms with Gasteiger partial charge in [-0.1, -0.05) is 258 Å². The van der Waals surface area contributed by atoms with Crippen LogP contribution in [0.25, 0.3) is 65.3 Å².